The molecule has 1 aromatic heterocycles. The van der Waals surface area contributed by atoms with Gasteiger partial charge in [0.05, 0.1) is 18.1 Å². The van der Waals surface area contributed by atoms with E-state index in [-0.39, 0.29) is 35.5 Å². The maximum absolute atomic E-state index is 15.4. The first-order valence-electron chi connectivity index (χ1n) is 9.31. The number of halogens is 2. The van der Waals surface area contributed by atoms with Crippen molar-refractivity contribution in [3.8, 4) is 17.0 Å². The van der Waals surface area contributed by atoms with Crippen molar-refractivity contribution in [1.29, 1.82) is 0 Å². The number of nitrogens with zero attached hydrogens (tertiary/aromatic N) is 2. The largest absolute Gasteiger partial charge is 0.485 e. The molecule has 0 bridgehead atoms. The molecule has 0 amide bonds. The Hall–Kier alpha value is -3.02. The van der Waals surface area contributed by atoms with Crippen molar-refractivity contribution in [2.75, 3.05) is 5.73 Å². The molecule has 4 rings (SSSR count). The van der Waals surface area contributed by atoms with Crippen molar-refractivity contribution in [3.63, 3.8) is 0 Å². The highest BCUT2D eigenvalue weighted by molar-refractivity contribution is 5.64. The van der Waals surface area contributed by atoms with Gasteiger partial charge in [0.15, 0.2) is 11.6 Å². The number of hydrogen-bond donors (Lipinski definition) is 1. The van der Waals surface area contributed by atoms with E-state index in [0.29, 0.717) is 11.3 Å². The van der Waals surface area contributed by atoms with Crippen LogP contribution in [0.2, 0.25) is 0 Å². The fourth-order valence-electron chi connectivity index (χ4n) is 3.35. The molecule has 6 heteroatoms. The summed E-state index contributed by atoms with van der Waals surface area (Å²) >= 11 is 0. The molecule has 0 spiro atoms. The summed E-state index contributed by atoms with van der Waals surface area (Å²) in [6, 6.07) is 8.50. The molecule has 0 radical (unpaired) electrons. The van der Waals surface area contributed by atoms with Gasteiger partial charge < -0.3 is 10.5 Å². The van der Waals surface area contributed by atoms with Crippen LogP contribution in [0.25, 0.3) is 11.3 Å². The number of ether oxygens (including phenoxy) is 1. The van der Waals surface area contributed by atoms with E-state index >= 15 is 4.39 Å². The van der Waals surface area contributed by atoms with Crippen molar-refractivity contribution < 1.29 is 13.5 Å². The van der Waals surface area contributed by atoms with Gasteiger partial charge in [-0.3, -0.25) is 4.98 Å². The third kappa shape index (κ3) is 3.54. The normalized spacial score (nSPS) is 14.0. The van der Waals surface area contributed by atoms with Crippen LogP contribution >= 0.6 is 0 Å². The van der Waals surface area contributed by atoms with Crippen molar-refractivity contribution >= 4 is 5.82 Å². The fraction of sp³-hybridized carbons (Fsp3) is 0.273. The quantitative estimate of drug-likeness (QED) is 0.663. The SMILES string of the molecule is Cc1ccc(COc2c(C3CCC3)ccc(-c3cnc(N)cn3)c2F)c(F)c1. The molecule has 3 aromatic rings. The molecule has 28 heavy (non-hydrogen) atoms. The maximum Gasteiger partial charge on any atom is 0.174 e. The van der Waals surface area contributed by atoms with Gasteiger partial charge in [0, 0.05) is 16.7 Å². The molecule has 144 valence electrons. The zero-order valence-electron chi connectivity index (χ0n) is 15.6. The van der Waals surface area contributed by atoms with Crippen molar-refractivity contribution in [3.05, 3.63) is 71.1 Å². The number of aromatic nitrogens is 2. The minimum Gasteiger partial charge on any atom is -0.485 e. The van der Waals surface area contributed by atoms with Gasteiger partial charge in [0.2, 0.25) is 0 Å². The Morgan fingerprint density at radius 3 is 2.57 bits per heavy atom. The molecule has 4 nitrogen and oxygen atoms in total. The van der Waals surface area contributed by atoms with Gasteiger partial charge >= 0.3 is 0 Å². The highest BCUT2D eigenvalue weighted by Crippen LogP contribution is 2.44. The van der Waals surface area contributed by atoms with Crippen molar-refractivity contribution in [1.82, 2.24) is 9.97 Å². The second kappa shape index (κ2) is 7.54. The van der Waals surface area contributed by atoms with Crippen LogP contribution in [0.15, 0.2) is 42.7 Å². The lowest BCUT2D eigenvalue weighted by molar-refractivity contribution is 0.274. The van der Waals surface area contributed by atoms with E-state index in [1.54, 1.807) is 12.1 Å². The summed E-state index contributed by atoms with van der Waals surface area (Å²) < 4.78 is 35.4. The number of hydrogen-bond acceptors (Lipinski definition) is 4. The molecular weight excluding hydrogens is 360 g/mol. The van der Waals surface area contributed by atoms with Crippen LogP contribution in [0.3, 0.4) is 0 Å². The lowest BCUT2D eigenvalue weighted by atomic mass is 9.79. The van der Waals surface area contributed by atoms with Crippen LogP contribution in [-0.2, 0) is 6.61 Å². The second-order valence-corrected chi connectivity index (χ2v) is 7.18. The molecule has 0 aliphatic heterocycles. The fourth-order valence-corrected chi connectivity index (χ4v) is 3.35. The average Bonchev–Trinajstić information content (AvgIpc) is 2.62. The van der Waals surface area contributed by atoms with E-state index in [0.717, 1.165) is 30.4 Å². The van der Waals surface area contributed by atoms with E-state index in [2.05, 4.69) is 9.97 Å². The van der Waals surface area contributed by atoms with Crippen LogP contribution in [-0.4, -0.2) is 9.97 Å². The van der Waals surface area contributed by atoms with Gasteiger partial charge in [-0.1, -0.05) is 24.6 Å². The Morgan fingerprint density at radius 2 is 1.93 bits per heavy atom. The van der Waals surface area contributed by atoms with E-state index < -0.39 is 5.82 Å². The number of nitrogens with two attached hydrogens (primary N) is 1. The Bertz CT molecular complexity index is 1000. The predicted octanol–water partition coefficient (Wildman–Crippen LogP) is 5.16. The van der Waals surface area contributed by atoms with Gasteiger partial charge in [-0.05, 0) is 43.4 Å². The summed E-state index contributed by atoms with van der Waals surface area (Å²) in [5.74, 6) is -0.163. The zero-order valence-corrected chi connectivity index (χ0v) is 15.6. The molecule has 1 saturated carbocycles. The summed E-state index contributed by atoms with van der Waals surface area (Å²) in [5, 5.41) is 0. The molecule has 1 aliphatic carbocycles. The lowest BCUT2D eigenvalue weighted by Crippen LogP contribution is -2.12. The number of aryl methyl sites for hydroxylation is 1. The molecule has 0 unspecified atom stereocenters. The highest BCUT2D eigenvalue weighted by atomic mass is 19.1. The highest BCUT2D eigenvalue weighted by Gasteiger charge is 2.27. The Kier molecular flexibility index (Phi) is 4.94. The Morgan fingerprint density at radius 1 is 1.11 bits per heavy atom. The topological polar surface area (TPSA) is 61.0 Å². The molecule has 1 aliphatic rings. The first-order chi connectivity index (χ1) is 13.5. The number of rotatable bonds is 5. The Balaban J connectivity index is 1.70. The number of nitrogen functional groups attached to an aromatic ring is 1. The molecule has 0 saturated heterocycles. The predicted molar refractivity (Wildman–Crippen MR) is 104 cm³/mol. The summed E-state index contributed by atoms with van der Waals surface area (Å²) in [6.45, 7) is 1.78. The summed E-state index contributed by atoms with van der Waals surface area (Å²) in [5.41, 5.74) is 8.27. The number of anilines is 1. The van der Waals surface area contributed by atoms with E-state index in [4.69, 9.17) is 10.5 Å². The maximum atomic E-state index is 15.4. The molecule has 2 N–H and O–H groups in total. The van der Waals surface area contributed by atoms with Crippen molar-refractivity contribution in [2.45, 2.75) is 38.7 Å². The van der Waals surface area contributed by atoms with Crippen molar-refractivity contribution in [2.24, 2.45) is 0 Å². The van der Waals surface area contributed by atoms with E-state index in [9.17, 15) is 4.39 Å². The summed E-state index contributed by atoms with van der Waals surface area (Å²) in [6.07, 6.45) is 5.92. The van der Waals surface area contributed by atoms with E-state index in [1.807, 2.05) is 19.1 Å². The smallest absolute Gasteiger partial charge is 0.174 e. The van der Waals surface area contributed by atoms with Crippen LogP contribution < -0.4 is 10.5 Å². The first kappa shape index (κ1) is 18.3. The molecule has 1 fully saturated rings. The Labute approximate surface area is 162 Å². The zero-order chi connectivity index (χ0) is 19.7. The van der Waals surface area contributed by atoms with Crippen LogP contribution in [0.4, 0.5) is 14.6 Å². The van der Waals surface area contributed by atoms with Gasteiger partial charge in [0.1, 0.15) is 18.2 Å². The van der Waals surface area contributed by atoms with Gasteiger partial charge in [0.25, 0.3) is 0 Å². The van der Waals surface area contributed by atoms with Gasteiger partial charge in [-0.25, -0.2) is 13.8 Å². The third-order valence-electron chi connectivity index (χ3n) is 5.20. The van der Waals surface area contributed by atoms with Crippen LogP contribution in [0.5, 0.6) is 5.75 Å². The standard InChI is InChI=1S/C22H21F2N3O/c1-13-5-6-15(18(23)9-13)12-28-22-16(14-3-2-4-14)7-8-17(21(22)24)19-10-27-20(25)11-26-19/h5-11,14H,2-4,12H2,1H3,(H2,25,27). The molecular formula is C22H21F2N3O. The average molecular weight is 381 g/mol. The van der Waals surface area contributed by atoms with Gasteiger partial charge in [-0.15, -0.1) is 0 Å². The van der Waals surface area contributed by atoms with Crippen LogP contribution in [0.1, 0.15) is 41.9 Å². The summed E-state index contributed by atoms with van der Waals surface area (Å²) in [7, 11) is 0. The number of benzene rings is 2. The third-order valence-corrected chi connectivity index (χ3v) is 5.20. The lowest BCUT2D eigenvalue weighted by Gasteiger charge is -2.28. The van der Waals surface area contributed by atoms with Gasteiger partial charge in [-0.2, -0.15) is 0 Å². The summed E-state index contributed by atoms with van der Waals surface area (Å²) in [4.78, 5) is 8.14. The van der Waals surface area contributed by atoms with Crippen LogP contribution in [0, 0.1) is 18.6 Å². The van der Waals surface area contributed by atoms with E-state index in [1.165, 1.54) is 18.5 Å². The molecule has 2 aromatic carbocycles. The molecule has 1 heterocycles. The first-order valence-corrected chi connectivity index (χ1v) is 9.31. The molecule has 0 atom stereocenters. The monoisotopic (exact) mass is 381 g/mol. The second-order valence-electron chi connectivity index (χ2n) is 7.18. The minimum absolute atomic E-state index is 0.0420. The minimum atomic E-state index is -0.504.